The van der Waals surface area contributed by atoms with E-state index in [9.17, 15) is 9.59 Å². The number of thiophene rings is 1. The van der Waals surface area contributed by atoms with Gasteiger partial charge in [0.05, 0.1) is 23.3 Å². The third-order valence-electron chi connectivity index (χ3n) is 4.58. The Morgan fingerprint density at radius 1 is 1.11 bits per heavy atom. The summed E-state index contributed by atoms with van der Waals surface area (Å²) in [6.45, 7) is 1.62. The molecule has 4 nitrogen and oxygen atoms in total. The summed E-state index contributed by atoms with van der Waals surface area (Å²) in [6.07, 6.45) is 5.90. The molecule has 2 heterocycles. The molecule has 0 aliphatic rings. The number of nitrogens with zero attached hydrogens (tertiary/aromatic N) is 1. The zero-order valence-corrected chi connectivity index (χ0v) is 16.3. The number of hydrogen-bond acceptors (Lipinski definition) is 4. The lowest BCUT2D eigenvalue weighted by molar-refractivity contribution is -0.118. The van der Waals surface area contributed by atoms with Crippen molar-refractivity contribution >= 4 is 39.6 Å². The van der Waals surface area contributed by atoms with E-state index in [1.165, 1.54) is 0 Å². The fraction of sp³-hybridized carbons (Fsp3) is 0.318. The number of amides is 1. The maximum Gasteiger partial charge on any atom is 0.232 e. The molecule has 140 valence electrons. The molecule has 0 aliphatic carbocycles. The third-order valence-corrected chi connectivity index (χ3v) is 5.57. The van der Waals surface area contributed by atoms with Crippen molar-refractivity contribution in [2.75, 3.05) is 5.32 Å². The Balaban J connectivity index is 1.65. The quantitative estimate of drug-likeness (QED) is 0.495. The summed E-state index contributed by atoms with van der Waals surface area (Å²) < 4.78 is 0. The fourth-order valence-electron chi connectivity index (χ4n) is 3.16. The second-order valence-electron chi connectivity index (χ2n) is 6.78. The largest absolute Gasteiger partial charge is 0.324 e. The molecule has 0 radical (unpaired) electrons. The van der Waals surface area contributed by atoms with Gasteiger partial charge in [0.25, 0.3) is 0 Å². The molecule has 0 spiro atoms. The molecule has 27 heavy (non-hydrogen) atoms. The molecule has 3 aromatic rings. The smallest absolute Gasteiger partial charge is 0.232 e. The van der Waals surface area contributed by atoms with Crippen molar-refractivity contribution in [1.82, 2.24) is 4.98 Å². The number of para-hydroxylation sites is 1. The van der Waals surface area contributed by atoms with E-state index < -0.39 is 0 Å². The van der Waals surface area contributed by atoms with E-state index in [0.717, 1.165) is 47.2 Å². The average Bonchev–Trinajstić information content (AvgIpc) is 3.18. The SMILES string of the molecule is CC(=O)CCCCC[C@H](C(=O)Nc1cnc2ccccc2c1)c1cccs1. The van der Waals surface area contributed by atoms with E-state index in [0.29, 0.717) is 6.42 Å². The van der Waals surface area contributed by atoms with Gasteiger partial charge in [0.2, 0.25) is 5.91 Å². The molecule has 0 saturated carbocycles. The van der Waals surface area contributed by atoms with Gasteiger partial charge in [0.15, 0.2) is 0 Å². The Bertz CT molecular complexity index is 906. The van der Waals surface area contributed by atoms with Crippen LogP contribution in [0, 0.1) is 0 Å². The molecule has 1 aromatic carbocycles. The predicted molar refractivity (Wildman–Crippen MR) is 111 cm³/mol. The Hall–Kier alpha value is -2.53. The van der Waals surface area contributed by atoms with Gasteiger partial charge < -0.3 is 10.1 Å². The number of Topliss-reactive ketones (excluding diaryl/α,β-unsaturated/α-hetero) is 1. The topological polar surface area (TPSA) is 59.1 Å². The van der Waals surface area contributed by atoms with E-state index in [1.54, 1.807) is 24.5 Å². The molecule has 0 aliphatic heterocycles. The maximum atomic E-state index is 12.9. The van der Waals surface area contributed by atoms with Crippen molar-refractivity contribution in [2.24, 2.45) is 0 Å². The summed E-state index contributed by atoms with van der Waals surface area (Å²) in [5, 5.41) is 6.04. The van der Waals surface area contributed by atoms with Gasteiger partial charge in [-0.2, -0.15) is 0 Å². The number of carbonyl (C=O) groups excluding carboxylic acids is 2. The molecule has 0 fully saturated rings. The molecule has 1 amide bonds. The van der Waals surface area contributed by atoms with Crippen LogP contribution in [-0.4, -0.2) is 16.7 Å². The number of rotatable bonds is 9. The van der Waals surface area contributed by atoms with Gasteiger partial charge in [-0.25, -0.2) is 0 Å². The highest BCUT2D eigenvalue weighted by atomic mass is 32.1. The monoisotopic (exact) mass is 380 g/mol. The molecular weight excluding hydrogens is 356 g/mol. The van der Waals surface area contributed by atoms with Crippen LogP contribution in [0.5, 0.6) is 0 Å². The zero-order valence-electron chi connectivity index (χ0n) is 15.5. The van der Waals surface area contributed by atoms with Gasteiger partial charge in [-0.3, -0.25) is 9.78 Å². The minimum atomic E-state index is -0.172. The Morgan fingerprint density at radius 3 is 2.74 bits per heavy atom. The molecular formula is C22H24N2O2S. The highest BCUT2D eigenvalue weighted by Gasteiger charge is 2.21. The lowest BCUT2D eigenvalue weighted by atomic mass is 9.97. The van der Waals surface area contributed by atoms with Crippen molar-refractivity contribution in [3.05, 3.63) is 58.9 Å². The van der Waals surface area contributed by atoms with Gasteiger partial charge in [0, 0.05) is 16.7 Å². The van der Waals surface area contributed by atoms with Gasteiger partial charge in [-0.15, -0.1) is 11.3 Å². The molecule has 3 rings (SSSR count). The molecule has 0 saturated heterocycles. The number of ketones is 1. The van der Waals surface area contributed by atoms with Crippen LogP contribution in [0.25, 0.3) is 10.9 Å². The lowest BCUT2D eigenvalue weighted by Crippen LogP contribution is -2.20. The van der Waals surface area contributed by atoms with Crippen LogP contribution in [0.4, 0.5) is 5.69 Å². The number of unbranched alkanes of at least 4 members (excludes halogenated alkanes) is 2. The van der Waals surface area contributed by atoms with E-state index in [-0.39, 0.29) is 17.6 Å². The maximum absolute atomic E-state index is 12.9. The van der Waals surface area contributed by atoms with E-state index in [2.05, 4.69) is 10.3 Å². The van der Waals surface area contributed by atoms with Crippen LogP contribution >= 0.6 is 11.3 Å². The highest BCUT2D eigenvalue weighted by Crippen LogP contribution is 2.28. The molecule has 0 bridgehead atoms. The first-order valence-corrected chi connectivity index (χ1v) is 10.2. The number of carbonyl (C=O) groups is 2. The van der Waals surface area contributed by atoms with E-state index in [1.807, 2.05) is 47.8 Å². The Kier molecular flexibility index (Phi) is 6.71. The lowest BCUT2D eigenvalue weighted by Gasteiger charge is -2.16. The van der Waals surface area contributed by atoms with E-state index in [4.69, 9.17) is 0 Å². The number of fused-ring (bicyclic) bond motifs is 1. The summed E-state index contributed by atoms with van der Waals surface area (Å²) in [4.78, 5) is 29.5. The van der Waals surface area contributed by atoms with Gasteiger partial charge in [0.1, 0.15) is 5.78 Å². The molecule has 1 N–H and O–H groups in total. The number of benzene rings is 1. The highest BCUT2D eigenvalue weighted by molar-refractivity contribution is 7.10. The zero-order chi connectivity index (χ0) is 19.1. The van der Waals surface area contributed by atoms with Gasteiger partial charge in [-0.1, -0.05) is 37.1 Å². The number of nitrogens with one attached hydrogen (secondary N) is 1. The predicted octanol–water partition coefficient (Wildman–Crippen LogP) is 5.56. The van der Waals surface area contributed by atoms with Gasteiger partial charge >= 0.3 is 0 Å². The first-order chi connectivity index (χ1) is 13.1. The first-order valence-electron chi connectivity index (χ1n) is 9.32. The minimum absolute atomic E-state index is 0.00102. The standard InChI is InChI=1S/C22H24N2O2S/c1-16(25)8-3-2-4-10-19(21-12-7-13-27-21)22(26)24-18-14-17-9-5-6-11-20(17)23-15-18/h5-7,9,11-15,19H,2-4,8,10H2,1H3,(H,24,26)/t19-/m0/s1. The summed E-state index contributed by atoms with van der Waals surface area (Å²) in [5.41, 5.74) is 1.63. The number of aromatic nitrogens is 1. The second-order valence-corrected chi connectivity index (χ2v) is 7.75. The second kappa shape index (κ2) is 9.42. The van der Waals surface area contributed by atoms with Crippen LogP contribution in [-0.2, 0) is 9.59 Å². The summed E-state index contributed by atoms with van der Waals surface area (Å²) in [6, 6.07) is 13.8. The Labute approximate surface area is 163 Å². The van der Waals surface area contributed by atoms with Crippen LogP contribution in [0.1, 0.15) is 49.8 Å². The first kappa shape index (κ1) is 19.2. The third kappa shape index (κ3) is 5.47. The van der Waals surface area contributed by atoms with Crippen molar-refractivity contribution in [1.29, 1.82) is 0 Å². The summed E-state index contributed by atoms with van der Waals surface area (Å²) in [5.74, 6) is 0.0567. The van der Waals surface area contributed by atoms with Crippen molar-refractivity contribution in [2.45, 2.75) is 44.9 Å². The molecule has 1 atom stereocenters. The van der Waals surface area contributed by atoms with E-state index >= 15 is 0 Å². The molecule has 0 unspecified atom stereocenters. The normalized spacial score (nSPS) is 12.0. The van der Waals surface area contributed by atoms with Crippen LogP contribution in [0.2, 0.25) is 0 Å². The molecule has 5 heteroatoms. The van der Waals surface area contributed by atoms with Crippen LogP contribution in [0.3, 0.4) is 0 Å². The number of hydrogen-bond donors (Lipinski definition) is 1. The number of pyridine rings is 1. The summed E-state index contributed by atoms with van der Waals surface area (Å²) >= 11 is 1.61. The van der Waals surface area contributed by atoms with Crippen molar-refractivity contribution < 1.29 is 9.59 Å². The summed E-state index contributed by atoms with van der Waals surface area (Å²) in [7, 11) is 0. The Morgan fingerprint density at radius 2 is 1.96 bits per heavy atom. The van der Waals surface area contributed by atoms with Gasteiger partial charge in [-0.05, 0) is 43.3 Å². The van der Waals surface area contributed by atoms with Crippen molar-refractivity contribution in [3.8, 4) is 0 Å². The minimum Gasteiger partial charge on any atom is -0.324 e. The fourth-order valence-corrected chi connectivity index (χ4v) is 4.02. The molecule has 2 aromatic heterocycles. The van der Waals surface area contributed by atoms with Crippen LogP contribution < -0.4 is 5.32 Å². The number of anilines is 1. The van der Waals surface area contributed by atoms with Crippen LogP contribution in [0.15, 0.2) is 54.0 Å². The van der Waals surface area contributed by atoms with Crippen molar-refractivity contribution in [3.63, 3.8) is 0 Å². The average molecular weight is 381 g/mol.